The summed E-state index contributed by atoms with van der Waals surface area (Å²) in [5, 5.41) is 5.06. The first kappa shape index (κ1) is 26.1. The molecular weight excluding hydrogens is 496 g/mol. The molecule has 4 atom stereocenters. The summed E-state index contributed by atoms with van der Waals surface area (Å²) < 4.78 is 55.7. The molecule has 0 aromatic heterocycles. The molecule has 2 unspecified atom stereocenters. The highest BCUT2D eigenvalue weighted by Crippen LogP contribution is 2.60. The molecule has 0 saturated carbocycles. The van der Waals surface area contributed by atoms with E-state index in [2.05, 4.69) is 15.5 Å². The number of hydrogen-bond donors (Lipinski definition) is 3. The van der Waals surface area contributed by atoms with Crippen LogP contribution >= 0.6 is 0 Å². The predicted octanol–water partition coefficient (Wildman–Crippen LogP) is 4.20. The van der Waals surface area contributed by atoms with Crippen molar-refractivity contribution in [2.75, 3.05) is 11.1 Å². The minimum atomic E-state index is -4.52. The number of benzene rings is 2. The van der Waals surface area contributed by atoms with E-state index >= 15 is 0 Å². The van der Waals surface area contributed by atoms with Gasteiger partial charge in [-0.05, 0) is 56.2 Å². The van der Waals surface area contributed by atoms with Gasteiger partial charge >= 0.3 is 6.18 Å². The fourth-order valence-electron chi connectivity index (χ4n) is 5.34. The summed E-state index contributed by atoms with van der Waals surface area (Å²) in [7, 11) is 0. The van der Waals surface area contributed by atoms with Crippen molar-refractivity contribution >= 4 is 34.8 Å². The molecule has 2 aromatic rings. The Bertz CT molecular complexity index is 1310. The van der Waals surface area contributed by atoms with Crippen molar-refractivity contribution in [3.05, 3.63) is 65.3 Å². The molecular formula is C25H22F4N4O4. The highest BCUT2D eigenvalue weighted by atomic mass is 19.4. The van der Waals surface area contributed by atoms with E-state index < -0.39 is 40.5 Å². The Labute approximate surface area is 209 Å². The number of halogens is 4. The smallest absolute Gasteiger partial charge is 0.399 e. The second-order valence-electron chi connectivity index (χ2n) is 9.41. The number of alkyl halides is 3. The van der Waals surface area contributed by atoms with Gasteiger partial charge in [-0.3, -0.25) is 19.7 Å². The van der Waals surface area contributed by atoms with Crippen molar-refractivity contribution in [2.45, 2.75) is 43.6 Å². The molecule has 0 aliphatic carbocycles. The molecule has 3 aliphatic rings. The second kappa shape index (κ2) is 9.15. The summed E-state index contributed by atoms with van der Waals surface area (Å²) >= 11 is 0. The number of imide groups is 1. The summed E-state index contributed by atoms with van der Waals surface area (Å²) in [6.07, 6.45) is -3.34. The Morgan fingerprint density at radius 3 is 2.43 bits per heavy atom. The number of anilines is 2. The van der Waals surface area contributed by atoms with Crippen LogP contribution in [-0.4, -0.2) is 28.9 Å². The molecule has 2 bridgehead atoms. The fourth-order valence-corrected chi connectivity index (χ4v) is 5.34. The highest BCUT2D eigenvalue weighted by molar-refractivity contribution is 6.07. The van der Waals surface area contributed by atoms with Crippen LogP contribution in [0.3, 0.4) is 0 Å². The molecule has 3 aliphatic heterocycles. The lowest BCUT2D eigenvalue weighted by atomic mass is 9.67. The number of carbonyl (C=O) groups is 3. The van der Waals surface area contributed by atoms with E-state index in [-0.39, 0.29) is 35.6 Å². The summed E-state index contributed by atoms with van der Waals surface area (Å²) in [6, 6.07) is 8.53. The highest BCUT2D eigenvalue weighted by Gasteiger charge is 2.72. The standard InChI is InChI=1S/C17H17FN2O4.C8H5F3N2/c1-16-6-7-17(24-16,13-12(16)14(22)20-15(13)23)8-11(21)19-10-4-2-9(18)3-5-10;1-13-7-3-2-5(12)4-6(7)8(9,10)11/h2-5,12-13H,6-8H2,1H3,(H,19,21)(H,20,22,23);2-4H,12H2/t12-,13+,16?,17?;/m1./s1. The van der Waals surface area contributed by atoms with Crippen molar-refractivity contribution < 1.29 is 36.7 Å². The quantitative estimate of drug-likeness (QED) is 0.244. The number of nitrogens with one attached hydrogen (secondary N) is 2. The number of nitrogen functional groups attached to an aromatic ring is 1. The maximum atomic E-state index is 12.9. The first-order valence-electron chi connectivity index (χ1n) is 11.2. The van der Waals surface area contributed by atoms with Gasteiger partial charge in [0.15, 0.2) is 5.69 Å². The monoisotopic (exact) mass is 518 g/mol. The number of fused-ring (bicyclic) bond motifs is 5. The zero-order valence-electron chi connectivity index (χ0n) is 19.5. The van der Waals surface area contributed by atoms with Gasteiger partial charge in [0, 0.05) is 11.4 Å². The summed E-state index contributed by atoms with van der Waals surface area (Å²) in [6.45, 7) is 8.35. The van der Waals surface area contributed by atoms with Gasteiger partial charge in [0.05, 0.1) is 41.6 Å². The Morgan fingerprint density at radius 2 is 1.81 bits per heavy atom. The van der Waals surface area contributed by atoms with Crippen LogP contribution in [0.15, 0.2) is 42.5 Å². The van der Waals surface area contributed by atoms with Crippen LogP contribution in [0.1, 0.15) is 31.7 Å². The van der Waals surface area contributed by atoms with Crippen molar-refractivity contribution in [3.8, 4) is 0 Å². The van der Waals surface area contributed by atoms with Crippen LogP contribution < -0.4 is 16.4 Å². The molecule has 8 nitrogen and oxygen atoms in total. The first-order valence-corrected chi connectivity index (χ1v) is 11.2. The molecule has 3 heterocycles. The van der Waals surface area contributed by atoms with Crippen LogP contribution in [0, 0.1) is 24.2 Å². The van der Waals surface area contributed by atoms with Crippen LogP contribution in [0.4, 0.5) is 34.6 Å². The van der Waals surface area contributed by atoms with E-state index in [0.29, 0.717) is 18.5 Å². The van der Waals surface area contributed by atoms with E-state index in [0.717, 1.165) is 12.1 Å². The van der Waals surface area contributed by atoms with E-state index in [9.17, 15) is 31.9 Å². The average Bonchev–Trinajstić information content (AvgIpc) is 3.41. The number of rotatable bonds is 3. The molecule has 37 heavy (non-hydrogen) atoms. The minimum absolute atomic E-state index is 0.000255. The number of nitrogens with two attached hydrogens (primary N) is 1. The molecule has 3 amide bonds. The first-order chi connectivity index (χ1) is 17.3. The molecule has 3 saturated heterocycles. The van der Waals surface area contributed by atoms with E-state index in [4.69, 9.17) is 17.0 Å². The largest absolute Gasteiger partial charge is 0.407 e. The number of amides is 3. The predicted molar refractivity (Wildman–Crippen MR) is 123 cm³/mol. The molecule has 0 spiro atoms. The Balaban J connectivity index is 0.000000209. The van der Waals surface area contributed by atoms with Crippen LogP contribution in [0.5, 0.6) is 0 Å². The van der Waals surface area contributed by atoms with Crippen molar-refractivity contribution in [1.29, 1.82) is 0 Å². The van der Waals surface area contributed by atoms with E-state index in [1.54, 1.807) is 0 Å². The number of nitrogens with zero attached hydrogens (tertiary/aromatic N) is 1. The topological polar surface area (TPSA) is 115 Å². The molecule has 4 N–H and O–H groups in total. The second-order valence-corrected chi connectivity index (χ2v) is 9.41. The van der Waals surface area contributed by atoms with Crippen molar-refractivity contribution in [1.82, 2.24) is 5.32 Å². The van der Waals surface area contributed by atoms with Crippen LogP contribution in [-0.2, 0) is 25.3 Å². The van der Waals surface area contributed by atoms with Gasteiger partial charge in [0.1, 0.15) is 5.82 Å². The molecule has 194 valence electrons. The fraction of sp³-hybridized carbons (Fsp3) is 0.360. The van der Waals surface area contributed by atoms with Gasteiger partial charge < -0.3 is 15.8 Å². The van der Waals surface area contributed by atoms with Crippen LogP contribution in [0.2, 0.25) is 0 Å². The van der Waals surface area contributed by atoms with Gasteiger partial charge in [0.25, 0.3) is 0 Å². The summed E-state index contributed by atoms with van der Waals surface area (Å²) in [4.78, 5) is 39.4. The number of hydrogen-bond acceptors (Lipinski definition) is 5. The third-order valence-electron chi connectivity index (χ3n) is 6.88. The Hall–Kier alpha value is -3.98. The third-order valence-corrected chi connectivity index (χ3v) is 6.88. The van der Waals surface area contributed by atoms with E-state index in [1.165, 1.54) is 30.3 Å². The van der Waals surface area contributed by atoms with Crippen LogP contribution in [0.25, 0.3) is 4.85 Å². The lowest BCUT2D eigenvalue weighted by molar-refractivity contribution is -0.138. The molecule has 3 fully saturated rings. The minimum Gasteiger partial charge on any atom is -0.399 e. The molecule has 0 radical (unpaired) electrons. The Kier molecular flexibility index (Phi) is 6.45. The lowest BCUT2D eigenvalue weighted by Gasteiger charge is -2.30. The maximum absolute atomic E-state index is 12.9. The average molecular weight is 518 g/mol. The van der Waals surface area contributed by atoms with Gasteiger partial charge in [-0.1, -0.05) is 6.07 Å². The number of carbonyl (C=O) groups excluding carboxylic acids is 3. The Morgan fingerprint density at radius 1 is 1.16 bits per heavy atom. The molecule has 12 heteroatoms. The third kappa shape index (κ3) is 4.86. The molecule has 5 rings (SSSR count). The normalized spacial score (nSPS) is 27.6. The van der Waals surface area contributed by atoms with Gasteiger partial charge in [-0.15, -0.1) is 0 Å². The van der Waals surface area contributed by atoms with Gasteiger partial charge in [-0.2, -0.15) is 13.2 Å². The maximum Gasteiger partial charge on any atom is 0.407 e. The zero-order chi connectivity index (χ0) is 27.2. The summed E-state index contributed by atoms with van der Waals surface area (Å²) in [5.74, 6) is -2.53. The van der Waals surface area contributed by atoms with Gasteiger partial charge in [-0.25, -0.2) is 9.24 Å². The summed E-state index contributed by atoms with van der Waals surface area (Å²) in [5.41, 5.74) is 2.59. The van der Waals surface area contributed by atoms with E-state index in [1.807, 2.05) is 6.92 Å². The zero-order valence-corrected chi connectivity index (χ0v) is 19.5. The molecule has 2 aromatic carbocycles. The van der Waals surface area contributed by atoms with Gasteiger partial charge in [0.2, 0.25) is 17.7 Å². The van der Waals surface area contributed by atoms with Crippen molar-refractivity contribution in [3.63, 3.8) is 0 Å². The SMILES string of the molecule is CC12CCC(CC(=O)Nc3ccc(F)cc3)(O1)[C@@H]1C(=O)NC(=O)[C@@H]12.[C-]#[N+]c1ccc(N)cc1C(F)(F)F. The lowest BCUT2D eigenvalue weighted by Crippen LogP contribution is -2.44. The number of ether oxygens (including phenoxy) is 1. The van der Waals surface area contributed by atoms with Crippen molar-refractivity contribution in [2.24, 2.45) is 11.8 Å².